The van der Waals surface area contributed by atoms with Crippen LogP contribution in [0.3, 0.4) is 0 Å². The van der Waals surface area contributed by atoms with Crippen LogP contribution in [0, 0.1) is 19.8 Å². The summed E-state index contributed by atoms with van der Waals surface area (Å²) < 4.78 is 0. The number of hydrogen-bond donors (Lipinski definition) is 2. The van der Waals surface area contributed by atoms with Gasteiger partial charge in [0.15, 0.2) is 0 Å². The number of rotatable bonds is 3. The molecule has 0 heterocycles. The van der Waals surface area contributed by atoms with E-state index in [-0.39, 0.29) is 5.92 Å². The molecule has 0 aromatic heterocycles. The second-order valence-corrected chi connectivity index (χ2v) is 6.15. The standard InChI is InChI=1S/C17H25NO2/c1-11-9-12(2)16(18)14(10-11)15(17(19)20)13-7-5-3-4-6-8-13/h9-10,13,15H,3-8,18H2,1-2H3,(H,19,20). The normalized spacial score (nSPS) is 18.5. The predicted molar refractivity (Wildman–Crippen MR) is 81.9 cm³/mol. The van der Waals surface area contributed by atoms with Crippen LogP contribution in [-0.2, 0) is 4.79 Å². The van der Waals surface area contributed by atoms with E-state index in [1.54, 1.807) is 0 Å². The lowest BCUT2D eigenvalue weighted by molar-refractivity contribution is -0.140. The second kappa shape index (κ2) is 6.29. The Hall–Kier alpha value is -1.51. The van der Waals surface area contributed by atoms with Crippen molar-refractivity contribution < 1.29 is 9.90 Å². The van der Waals surface area contributed by atoms with Gasteiger partial charge in [-0.15, -0.1) is 0 Å². The highest BCUT2D eigenvalue weighted by molar-refractivity contribution is 5.79. The SMILES string of the molecule is Cc1cc(C)c(N)c(C(C(=O)O)C2CCCCCC2)c1. The summed E-state index contributed by atoms with van der Waals surface area (Å²) in [6.07, 6.45) is 6.74. The van der Waals surface area contributed by atoms with Crippen molar-refractivity contribution in [1.29, 1.82) is 0 Å². The van der Waals surface area contributed by atoms with E-state index in [4.69, 9.17) is 5.73 Å². The molecule has 1 fully saturated rings. The van der Waals surface area contributed by atoms with E-state index >= 15 is 0 Å². The van der Waals surface area contributed by atoms with Gasteiger partial charge in [0.05, 0.1) is 5.92 Å². The van der Waals surface area contributed by atoms with Crippen molar-refractivity contribution in [2.24, 2.45) is 5.92 Å². The first-order valence-electron chi connectivity index (χ1n) is 7.60. The van der Waals surface area contributed by atoms with Gasteiger partial charge in [-0.25, -0.2) is 0 Å². The molecule has 0 bridgehead atoms. The first kappa shape index (κ1) is 14.9. The number of nitrogens with two attached hydrogens (primary N) is 1. The average Bonchev–Trinajstić information content (AvgIpc) is 2.64. The molecule has 2 rings (SSSR count). The molecule has 1 aliphatic carbocycles. The Balaban J connectivity index is 2.40. The van der Waals surface area contributed by atoms with E-state index in [1.165, 1.54) is 12.8 Å². The summed E-state index contributed by atoms with van der Waals surface area (Å²) in [4.78, 5) is 11.8. The van der Waals surface area contributed by atoms with Gasteiger partial charge in [0.1, 0.15) is 0 Å². The van der Waals surface area contributed by atoms with Gasteiger partial charge in [-0.3, -0.25) is 4.79 Å². The van der Waals surface area contributed by atoms with Gasteiger partial charge in [-0.1, -0.05) is 43.4 Å². The Labute approximate surface area is 121 Å². The van der Waals surface area contributed by atoms with Crippen molar-refractivity contribution in [2.75, 3.05) is 5.73 Å². The number of carboxylic acid groups (broad SMARTS) is 1. The number of aryl methyl sites for hydroxylation is 2. The van der Waals surface area contributed by atoms with Crippen LogP contribution in [0.2, 0.25) is 0 Å². The van der Waals surface area contributed by atoms with Gasteiger partial charge >= 0.3 is 5.97 Å². The zero-order valence-corrected chi connectivity index (χ0v) is 12.5. The molecule has 110 valence electrons. The Morgan fingerprint density at radius 1 is 1.20 bits per heavy atom. The number of aliphatic carboxylic acids is 1. The fraction of sp³-hybridized carbons (Fsp3) is 0.588. The number of anilines is 1. The molecule has 1 unspecified atom stereocenters. The van der Waals surface area contributed by atoms with Crippen molar-refractivity contribution in [3.05, 3.63) is 28.8 Å². The van der Waals surface area contributed by atoms with Crippen LogP contribution in [0.25, 0.3) is 0 Å². The summed E-state index contributed by atoms with van der Waals surface area (Å²) in [5.41, 5.74) is 9.73. The first-order chi connectivity index (χ1) is 9.50. The predicted octanol–water partition coefficient (Wildman–Crippen LogP) is 4.02. The lowest BCUT2D eigenvalue weighted by atomic mass is 9.79. The number of benzene rings is 1. The van der Waals surface area contributed by atoms with Crippen LogP contribution in [0.5, 0.6) is 0 Å². The fourth-order valence-corrected chi connectivity index (χ4v) is 3.50. The summed E-state index contributed by atoms with van der Waals surface area (Å²) in [5.74, 6) is -0.959. The molecule has 0 aliphatic heterocycles. The molecular weight excluding hydrogens is 250 g/mol. The third kappa shape index (κ3) is 3.14. The Bertz CT molecular complexity index is 488. The summed E-state index contributed by atoms with van der Waals surface area (Å²) in [7, 11) is 0. The highest BCUT2D eigenvalue weighted by atomic mass is 16.4. The number of nitrogen functional groups attached to an aromatic ring is 1. The van der Waals surface area contributed by atoms with Crippen LogP contribution in [0.1, 0.15) is 61.1 Å². The molecule has 20 heavy (non-hydrogen) atoms. The average molecular weight is 275 g/mol. The van der Waals surface area contributed by atoms with Crippen molar-refractivity contribution in [3.63, 3.8) is 0 Å². The maximum absolute atomic E-state index is 11.8. The number of carbonyl (C=O) groups is 1. The van der Waals surface area contributed by atoms with Gasteiger partial charge in [0.2, 0.25) is 0 Å². The van der Waals surface area contributed by atoms with Crippen LogP contribution >= 0.6 is 0 Å². The Kier molecular flexibility index (Phi) is 4.69. The second-order valence-electron chi connectivity index (χ2n) is 6.15. The molecule has 3 N–H and O–H groups in total. The maximum atomic E-state index is 11.8. The van der Waals surface area contributed by atoms with Gasteiger partial charge in [-0.2, -0.15) is 0 Å². The quantitative estimate of drug-likeness (QED) is 0.646. The summed E-state index contributed by atoms with van der Waals surface area (Å²) >= 11 is 0. The molecule has 1 saturated carbocycles. The van der Waals surface area contributed by atoms with Gasteiger partial charge in [-0.05, 0) is 43.7 Å². The Morgan fingerprint density at radius 2 is 1.80 bits per heavy atom. The molecule has 1 atom stereocenters. The topological polar surface area (TPSA) is 63.3 Å². The van der Waals surface area contributed by atoms with E-state index < -0.39 is 11.9 Å². The molecule has 1 aliphatic rings. The van der Waals surface area contributed by atoms with Crippen LogP contribution < -0.4 is 5.73 Å². The van der Waals surface area contributed by atoms with Crippen molar-refractivity contribution in [3.8, 4) is 0 Å². The smallest absolute Gasteiger partial charge is 0.311 e. The summed E-state index contributed by atoms with van der Waals surface area (Å²) in [5, 5.41) is 9.72. The molecule has 0 spiro atoms. The van der Waals surface area contributed by atoms with Crippen LogP contribution in [0.15, 0.2) is 12.1 Å². The minimum absolute atomic E-state index is 0.221. The van der Waals surface area contributed by atoms with E-state index in [0.717, 1.165) is 42.4 Å². The maximum Gasteiger partial charge on any atom is 0.311 e. The lowest BCUT2D eigenvalue weighted by Gasteiger charge is -2.25. The third-order valence-corrected chi connectivity index (χ3v) is 4.54. The molecule has 3 heteroatoms. The van der Waals surface area contributed by atoms with E-state index in [9.17, 15) is 9.90 Å². The van der Waals surface area contributed by atoms with E-state index in [1.807, 2.05) is 26.0 Å². The largest absolute Gasteiger partial charge is 0.481 e. The fourth-order valence-electron chi connectivity index (χ4n) is 3.50. The van der Waals surface area contributed by atoms with Crippen molar-refractivity contribution in [2.45, 2.75) is 58.3 Å². The molecule has 1 aromatic rings. The molecule has 1 aromatic carbocycles. The lowest BCUT2D eigenvalue weighted by Crippen LogP contribution is -2.23. The van der Waals surface area contributed by atoms with Gasteiger partial charge in [0.25, 0.3) is 0 Å². The van der Waals surface area contributed by atoms with E-state index in [2.05, 4.69) is 0 Å². The Morgan fingerprint density at radius 3 is 2.35 bits per heavy atom. The highest BCUT2D eigenvalue weighted by Gasteiger charge is 2.32. The minimum Gasteiger partial charge on any atom is -0.481 e. The molecular formula is C17H25NO2. The molecule has 0 saturated heterocycles. The summed E-state index contributed by atoms with van der Waals surface area (Å²) in [6.45, 7) is 3.96. The number of hydrogen-bond acceptors (Lipinski definition) is 2. The van der Waals surface area contributed by atoms with Crippen LogP contribution in [-0.4, -0.2) is 11.1 Å². The molecule has 3 nitrogen and oxygen atoms in total. The summed E-state index contributed by atoms with van der Waals surface area (Å²) in [6, 6.07) is 3.98. The van der Waals surface area contributed by atoms with Gasteiger partial charge < -0.3 is 10.8 Å². The zero-order valence-electron chi connectivity index (χ0n) is 12.5. The first-order valence-corrected chi connectivity index (χ1v) is 7.60. The zero-order chi connectivity index (χ0) is 14.7. The van der Waals surface area contributed by atoms with Crippen molar-refractivity contribution >= 4 is 11.7 Å². The minimum atomic E-state index is -0.728. The highest BCUT2D eigenvalue weighted by Crippen LogP contribution is 2.38. The van der Waals surface area contributed by atoms with Gasteiger partial charge in [0, 0.05) is 5.69 Å². The third-order valence-electron chi connectivity index (χ3n) is 4.54. The monoisotopic (exact) mass is 275 g/mol. The van der Waals surface area contributed by atoms with Crippen molar-refractivity contribution in [1.82, 2.24) is 0 Å². The molecule has 0 amide bonds. The number of carboxylic acids is 1. The molecule has 0 radical (unpaired) electrons. The van der Waals surface area contributed by atoms with Crippen LogP contribution in [0.4, 0.5) is 5.69 Å². The van der Waals surface area contributed by atoms with E-state index in [0.29, 0.717) is 5.69 Å².